The highest BCUT2D eigenvalue weighted by atomic mass is 16.5. The summed E-state index contributed by atoms with van der Waals surface area (Å²) in [6.45, 7) is 5.01. The topological polar surface area (TPSA) is 89.0 Å². The number of nitrogens with zero attached hydrogens (tertiary/aromatic N) is 3. The Bertz CT molecular complexity index is 1210. The van der Waals surface area contributed by atoms with Crippen molar-refractivity contribution < 1.29 is 23.9 Å². The second-order valence-electron chi connectivity index (χ2n) is 8.27. The molecule has 3 aromatic rings. The van der Waals surface area contributed by atoms with Crippen LogP contribution in [0.1, 0.15) is 34.7 Å². The van der Waals surface area contributed by atoms with Crippen LogP contribution >= 0.6 is 0 Å². The van der Waals surface area contributed by atoms with Crippen LogP contribution in [-0.4, -0.2) is 71.5 Å². The summed E-state index contributed by atoms with van der Waals surface area (Å²) < 4.78 is 10.8. The fraction of sp³-hybridized carbons (Fsp3) is 0.308. The predicted octanol–water partition coefficient (Wildman–Crippen LogP) is 3.16. The van der Waals surface area contributed by atoms with Gasteiger partial charge in [0.05, 0.1) is 12.6 Å². The van der Waals surface area contributed by atoms with Gasteiger partial charge in [0, 0.05) is 36.6 Å². The number of hydrogen-bond acceptors (Lipinski definition) is 6. The number of carbonyl (C=O) groups is 3. The van der Waals surface area contributed by atoms with E-state index in [0.717, 1.165) is 0 Å². The quantitative estimate of drug-likeness (QED) is 0.543. The fourth-order valence-electron chi connectivity index (χ4n) is 4.15. The van der Waals surface area contributed by atoms with Gasteiger partial charge < -0.3 is 19.3 Å². The van der Waals surface area contributed by atoms with Crippen LogP contribution in [0.5, 0.6) is 5.75 Å². The zero-order valence-corrected chi connectivity index (χ0v) is 19.4. The van der Waals surface area contributed by atoms with Crippen molar-refractivity contribution >= 4 is 28.7 Å². The van der Waals surface area contributed by atoms with Crippen molar-refractivity contribution in [3.05, 3.63) is 71.9 Å². The summed E-state index contributed by atoms with van der Waals surface area (Å²) >= 11 is 0. The van der Waals surface area contributed by atoms with Gasteiger partial charge in [-0.25, -0.2) is 9.78 Å². The molecular formula is C26H27N3O5. The maximum Gasteiger partial charge on any atom is 0.356 e. The van der Waals surface area contributed by atoms with Crippen molar-refractivity contribution in [2.75, 3.05) is 26.7 Å². The first-order valence-corrected chi connectivity index (χ1v) is 11.2. The van der Waals surface area contributed by atoms with Crippen molar-refractivity contribution in [1.82, 2.24) is 14.8 Å². The average Bonchev–Trinajstić information content (AvgIpc) is 2.87. The molecule has 34 heavy (non-hydrogen) atoms. The molecule has 0 N–H and O–H groups in total. The summed E-state index contributed by atoms with van der Waals surface area (Å²) in [7, 11) is 1.30. The van der Waals surface area contributed by atoms with Crippen LogP contribution in [0.3, 0.4) is 0 Å². The molecule has 1 aliphatic rings. The molecule has 2 aromatic carbocycles. The van der Waals surface area contributed by atoms with E-state index in [2.05, 4.69) is 4.98 Å². The van der Waals surface area contributed by atoms with E-state index in [1.54, 1.807) is 59.2 Å². The number of pyridine rings is 1. The summed E-state index contributed by atoms with van der Waals surface area (Å²) in [5.41, 5.74) is 1.42. The molecule has 8 nitrogen and oxygen atoms in total. The zero-order chi connectivity index (χ0) is 24.2. The van der Waals surface area contributed by atoms with Crippen molar-refractivity contribution in [3.63, 3.8) is 0 Å². The van der Waals surface area contributed by atoms with E-state index in [1.807, 2.05) is 25.1 Å². The molecule has 8 heteroatoms. The smallest absolute Gasteiger partial charge is 0.356 e. The van der Waals surface area contributed by atoms with Crippen molar-refractivity contribution in [2.24, 2.45) is 0 Å². The van der Waals surface area contributed by atoms with Gasteiger partial charge in [-0.1, -0.05) is 24.3 Å². The molecule has 1 aliphatic heterocycles. The largest absolute Gasteiger partial charge is 0.480 e. The number of amides is 2. The SMILES string of the molecule is COC(=O)c1ccc2c(OC(C)C(=O)N3CCN(C(=O)c4ccccc4)CC3C)cccc2n1. The average molecular weight is 462 g/mol. The number of esters is 1. The van der Waals surface area contributed by atoms with Crippen LogP contribution in [0.15, 0.2) is 60.7 Å². The van der Waals surface area contributed by atoms with Crippen LogP contribution in [0.25, 0.3) is 10.9 Å². The van der Waals surface area contributed by atoms with E-state index < -0.39 is 12.1 Å². The molecule has 1 aromatic heterocycles. The molecule has 4 rings (SSSR count). The summed E-state index contributed by atoms with van der Waals surface area (Å²) in [5.74, 6) is -0.183. The Morgan fingerprint density at radius 3 is 2.47 bits per heavy atom. The lowest BCUT2D eigenvalue weighted by atomic mass is 10.1. The molecule has 0 bridgehead atoms. The van der Waals surface area contributed by atoms with Gasteiger partial charge in [0.2, 0.25) is 0 Å². The molecule has 176 valence electrons. The monoisotopic (exact) mass is 461 g/mol. The van der Waals surface area contributed by atoms with E-state index in [0.29, 0.717) is 41.9 Å². The Kier molecular flexibility index (Phi) is 6.77. The lowest BCUT2D eigenvalue weighted by molar-refractivity contribution is -0.142. The Morgan fingerprint density at radius 1 is 1.00 bits per heavy atom. The minimum absolute atomic E-state index is 0.0292. The zero-order valence-electron chi connectivity index (χ0n) is 19.4. The highest BCUT2D eigenvalue weighted by Crippen LogP contribution is 2.26. The van der Waals surface area contributed by atoms with E-state index >= 15 is 0 Å². The number of aromatic nitrogens is 1. The van der Waals surface area contributed by atoms with Gasteiger partial charge in [-0.2, -0.15) is 0 Å². The second-order valence-corrected chi connectivity index (χ2v) is 8.27. The Balaban J connectivity index is 1.43. The van der Waals surface area contributed by atoms with Crippen LogP contribution in [0.2, 0.25) is 0 Å². The fourth-order valence-corrected chi connectivity index (χ4v) is 4.15. The first kappa shape index (κ1) is 23.2. The minimum atomic E-state index is -0.732. The Labute approximate surface area is 198 Å². The van der Waals surface area contributed by atoms with Gasteiger partial charge in [-0.05, 0) is 50.2 Å². The van der Waals surface area contributed by atoms with Crippen LogP contribution in [0, 0.1) is 0 Å². The van der Waals surface area contributed by atoms with Crippen molar-refractivity contribution in [2.45, 2.75) is 26.0 Å². The van der Waals surface area contributed by atoms with Crippen LogP contribution < -0.4 is 4.74 Å². The molecule has 0 radical (unpaired) electrons. The molecule has 2 unspecified atom stereocenters. The number of fused-ring (bicyclic) bond motifs is 1. The predicted molar refractivity (Wildman–Crippen MR) is 127 cm³/mol. The molecule has 0 spiro atoms. The van der Waals surface area contributed by atoms with E-state index in [-0.39, 0.29) is 23.6 Å². The van der Waals surface area contributed by atoms with Crippen LogP contribution in [0.4, 0.5) is 0 Å². The standard InChI is InChI=1S/C26H27N3O5/c1-17-16-28(25(31)19-8-5-4-6-9-19)14-15-29(17)24(30)18(2)34-23-11-7-10-21-20(23)12-13-22(27-21)26(32)33-3/h4-13,17-18H,14-16H2,1-3H3. The number of hydrogen-bond donors (Lipinski definition) is 0. The molecule has 1 fully saturated rings. The van der Waals surface area contributed by atoms with Gasteiger partial charge in [-0.3, -0.25) is 9.59 Å². The highest BCUT2D eigenvalue weighted by molar-refractivity contribution is 5.95. The maximum absolute atomic E-state index is 13.2. The third-order valence-corrected chi connectivity index (χ3v) is 5.96. The third kappa shape index (κ3) is 4.71. The molecule has 1 saturated heterocycles. The number of piperazine rings is 1. The van der Waals surface area contributed by atoms with Crippen LogP contribution in [-0.2, 0) is 9.53 Å². The first-order chi connectivity index (χ1) is 16.4. The lowest BCUT2D eigenvalue weighted by Gasteiger charge is -2.40. The molecular weight excluding hydrogens is 434 g/mol. The summed E-state index contributed by atoms with van der Waals surface area (Å²) in [4.78, 5) is 45.6. The highest BCUT2D eigenvalue weighted by Gasteiger charge is 2.33. The molecule has 0 saturated carbocycles. The number of ether oxygens (including phenoxy) is 2. The molecule has 0 aliphatic carbocycles. The van der Waals surface area contributed by atoms with Crippen molar-refractivity contribution in [1.29, 1.82) is 0 Å². The normalized spacial score (nSPS) is 16.7. The number of carbonyl (C=O) groups excluding carboxylic acids is 3. The Hall–Kier alpha value is -3.94. The number of methoxy groups -OCH3 is 1. The molecule has 2 atom stereocenters. The number of benzene rings is 2. The molecule has 2 heterocycles. The minimum Gasteiger partial charge on any atom is -0.480 e. The first-order valence-electron chi connectivity index (χ1n) is 11.2. The van der Waals surface area contributed by atoms with Gasteiger partial charge in [0.25, 0.3) is 11.8 Å². The Morgan fingerprint density at radius 2 is 1.76 bits per heavy atom. The van der Waals surface area contributed by atoms with E-state index in [4.69, 9.17) is 9.47 Å². The van der Waals surface area contributed by atoms with Gasteiger partial charge in [0.15, 0.2) is 6.10 Å². The lowest BCUT2D eigenvalue weighted by Crippen LogP contribution is -2.57. The molecule has 2 amide bonds. The third-order valence-electron chi connectivity index (χ3n) is 5.96. The summed E-state index contributed by atoms with van der Waals surface area (Å²) in [6.07, 6.45) is -0.732. The van der Waals surface area contributed by atoms with E-state index in [9.17, 15) is 14.4 Å². The number of rotatable bonds is 5. The van der Waals surface area contributed by atoms with Gasteiger partial charge in [-0.15, -0.1) is 0 Å². The van der Waals surface area contributed by atoms with E-state index in [1.165, 1.54) is 7.11 Å². The second kappa shape index (κ2) is 9.91. The van der Waals surface area contributed by atoms with Crippen molar-refractivity contribution in [3.8, 4) is 5.75 Å². The summed E-state index contributed by atoms with van der Waals surface area (Å²) in [5, 5.41) is 0.695. The van der Waals surface area contributed by atoms with Gasteiger partial charge in [0.1, 0.15) is 11.4 Å². The summed E-state index contributed by atoms with van der Waals surface area (Å²) in [6, 6.07) is 17.6. The maximum atomic E-state index is 13.2. The van der Waals surface area contributed by atoms with Gasteiger partial charge >= 0.3 is 5.97 Å².